The summed E-state index contributed by atoms with van der Waals surface area (Å²) < 4.78 is 3.68. The van der Waals surface area contributed by atoms with Crippen LogP contribution in [-0.4, -0.2) is 44.8 Å². The fraction of sp³-hybridized carbons (Fsp3) is 0.440. The summed E-state index contributed by atoms with van der Waals surface area (Å²) in [5.41, 5.74) is 10.5. The Labute approximate surface area is 210 Å². The van der Waals surface area contributed by atoms with Gasteiger partial charge in [0, 0.05) is 30.9 Å². The SMILES string of the molecule is CCCCCn1c(N2CCCC2C(=O)NC/C(N)=N/NN)cc(=O)n2cc(-c3ccc(C)cc3)nc12. The van der Waals surface area contributed by atoms with Gasteiger partial charge in [-0.15, -0.1) is 0 Å². The summed E-state index contributed by atoms with van der Waals surface area (Å²) in [6, 6.07) is 9.30. The van der Waals surface area contributed by atoms with Crippen molar-refractivity contribution in [3.05, 3.63) is 52.4 Å². The Morgan fingerprint density at radius 1 is 1.25 bits per heavy atom. The van der Waals surface area contributed by atoms with Gasteiger partial charge in [0.2, 0.25) is 11.7 Å². The number of carbonyl (C=O) groups excluding carboxylic acids is 1. The average Bonchev–Trinajstić information content (AvgIpc) is 3.53. The van der Waals surface area contributed by atoms with Crippen LogP contribution in [0.1, 0.15) is 44.6 Å². The van der Waals surface area contributed by atoms with E-state index in [9.17, 15) is 9.59 Å². The molecule has 11 heteroatoms. The predicted octanol–water partition coefficient (Wildman–Crippen LogP) is 1.48. The molecule has 1 atom stereocenters. The van der Waals surface area contributed by atoms with Gasteiger partial charge in [-0.05, 0) is 26.2 Å². The highest BCUT2D eigenvalue weighted by molar-refractivity contribution is 5.91. The lowest BCUT2D eigenvalue weighted by molar-refractivity contribution is -0.121. The molecule has 36 heavy (non-hydrogen) atoms. The molecule has 0 aliphatic carbocycles. The molecule has 0 saturated carbocycles. The molecule has 1 aromatic carbocycles. The quantitative estimate of drug-likeness (QED) is 0.110. The van der Waals surface area contributed by atoms with Crippen LogP contribution in [0.2, 0.25) is 0 Å². The summed E-state index contributed by atoms with van der Waals surface area (Å²) in [5, 5.41) is 6.49. The number of hydrogen-bond donors (Lipinski definition) is 4. The van der Waals surface area contributed by atoms with Crippen LogP contribution in [-0.2, 0) is 11.3 Å². The minimum atomic E-state index is -0.422. The van der Waals surface area contributed by atoms with E-state index in [1.165, 1.54) is 0 Å². The van der Waals surface area contributed by atoms with Crippen molar-refractivity contribution in [1.82, 2.24) is 24.8 Å². The van der Waals surface area contributed by atoms with Crippen LogP contribution in [0, 0.1) is 6.92 Å². The van der Waals surface area contributed by atoms with Gasteiger partial charge < -0.3 is 16.0 Å². The molecule has 1 amide bonds. The van der Waals surface area contributed by atoms with Gasteiger partial charge in [0.1, 0.15) is 17.7 Å². The third kappa shape index (κ3) is 5.35. The van der Waals surface area contributed by atoms with Gasteiger partial charge in [0.25, 0.3) is 5.56 Å². The first-order valence-electron chi connectivity index (χ1n) is 12.4. The maximum atomic E-state index is 13.2. The number of hydrazine groups is 1. The molecule has 1 aliphatic rings. The molecule has 11 nitrogen and oxygen atoms in total. The number of carbonyl (C=O) groups is 1. The second-order valence-electron chi connectivity index (χ2n) is 9.16. The Kier molecular flexibility index (Phi) is 7.89. The standard InChI is InChI=1S/C25H35N9O2/c1-3-4-5-12-33-22(32-13-6-7-20(32)24(36)28-15-21(26)30-31-27)14-23(35)34-16-19(29-25(33)34)18-10-8-17(2)9-11-18/h8-11,14,16,20,31H,3-7,12-13,15,27H2,1-2H3,(H2,26,30)(H,28,36). The van der Waals surface area contributed by atoms with Crippen molar-refractivity contribution in [1.29, 1.82) is 0 Å². The minimum absolute atomic E-state index is 0.0792. The van der Waals surface area contributed by atoms with E-state index in [0.717, 1.165) is 42.5 Å². The fourth-order valence-electron chi connectivity index (χ4n) is 4.65. The monoisotopic (exact) mass is 493 g/mol. The van der Waals surface area contributed by atoms with E-state index in [4.69, 9.17) is 16.6 Å². The van der Waals surface area contributed by atoms with Crippen LogP contribution in [0.5, 0.6) is 0 Å². The number of aryl methyl sites for hydroxylation is 2. The van der Waals surface area contributed by atoms with Gasteiger partial charge in [-0.3, -0.25) is 18.6 Å². The molecule has 3 aromatic rings. The van der Waals surface area contributed by atoms with Crippen molar-refractivity contribution in [2.24, 2.45) is 16.7 Å². The molecule has 1 aliphatic heterocycles. The molecule has 6 N–H and O–H groups in total. The Hall–Kier alpha value is -3.86. The van der Waals surface area contributed by atoms with Crippen LogP contribution >= 0.6 is 0 Å². The summed E-state index contributed by atoms with van der Waals surface area (Å²) in [6.45, 7) is 5.64. The number of amidine groups is 1. The number of hydrazone groups is 1. The summed E-state index contributed by atoms with van der Waals surface area (Å²) in [6.07, 6.45) is 6.38. The molecule has 2 aromatic heterocycles. The van der Waals surface area contributed by atoms with Crippen LogP contribution < -0.4 is 32.9 Å². The van der Waals surface area contributed by atoms with Crippen molar-refractivity contribution in [2.75, 3.05) is 18.0 Å². The van der Waals surface area contributed by atoms with E-state index >= 15 is 0 Å². The zero-order chi connectivity index (χ0) is 25.7. The molecule has 4 rings (SSSR count). The van der Waals surface area contributed by atoms with Gasteiger partial charge in [0.05, 0.1) is 12.2 Å². The highest BCUT2D eigenvalue weighted by Gasteiger charge is 2.33. The van der Waals surface area contributed by atoms with Crippen LogP contribution in [0.15, 0.2) is 46.4 Å². The van der Waals surface area contributed by atoms with Gasteiger partial charge in [-0.2, -0.15) is 5.10 Å². The summed E-state index contributed by atoms with van der Waals surface area (Å²) in [5.74, 6) is 6.46. The second kappa shape index (κ2) is 11.3. The molecular weight excluding hydrogens is 458 g/mol. The number of rotatable bonds is 10. The maximum absolute atomic E-state index is 13.2. The number of amides is 1. The van der Waals surface area contributed by atoms with E-state index in [0.29, 0.717) is 31.1 Å². The smallest absolute Gasteiger partial charge is 0.261 e. The topological polar surface area (TPSA) is 148 Å². The van der Waals surface area contributed by atoms with Gasteiger partial charge in [-0.1, -0.05) is 49.6 Å². The number of nitrogens with zero attached hydrogens (tertiary/aromatic N) is 5. The fourth-order valence-corrected chi connectivity index (χ4v) is 4.65. The minimum Gasteiger partial charge on any atom is -0.384 e. The van der Waals surface area contributed by atoms with Crippen molar-refractivity contribution in [3.63, 3.8) is 0 Å². The van der Waals surface area contributed by atoms with Gasteiger partial charge in [0.15, 0.2) is 0 Å². The highest BCUT2D eigenvalue weighted by atomic mass is 16.2. The van der Waals surface area contributed by atoms with Gasteiger partial charge in [-0.25, -0.2) is 16.4 Å². The zero-order valence-electron chi connectivity index (χ0n) is 20.9. The Morgan fingerprint density at radius 3 is 2.75 bits per heavy atom. The molecule has 0 radical (unpaired) electrons. The Morgan fingerprint density at radius 2 is 2.03 bits per heavy atom. The second-order valence-corrected chi connectivity index (χ2v) is 9.16. The number of nitrogens with one attached hydrogen (secondary N) is 2. The number of benzene rings is 1. The lowest BCUT2D eigenvalue weighted by atomic mass is 10.1. The predicted molar refractivity (Wildman–Crippen MR) is 141 cm³/mol. The number of aromatic nitrogens is 3. The van der Waals surface area contributed by atoms with Gasteiger partial charge >= 0.3 is 0 Å². The average molecular weight is 494 g/mol. The summed E-state index contributed by atoms with van der Waals surface area (Å²) >= 11 is 0. The zero-order valence-corrected chi connectivity index (χ0v) is 20.9. The third-order valence-electron chi connectivity index (χ3n) is 6.53. The number of nitrogens with two attached hydrogens (primary N) is 2. The lowest BCUT2D eigenvalue weighted by Crippen LogP contribution is -2.47. The number of unbranched alkanes of at least 4 members (excludes halogenated alkanes) is 2. The van der Waals surface area contributed by atoms with E-state index < -0.39 is 6.04 Å². The van der Waals surface area contributed by atoms with E-state index in [-0.39, 0.29) is 23.8 Å². The van der Waals surface area contributed by atoms with Crippen LogP contribution in [0.4, 0.5) is 5.82 Å². The number of imidazole rings is 1. The number of anilines is 1. The van der Waals surface area contributed by atoms with Crippen LogP contribution in [0.3, 0.4) is 0 Å². The van der Waals surface area contributed by atoms with Crippen LogP contribution in [0.25, 0.3) is 17.0 Å². The first kappa shape index (κ1) is 25.2. The normalized spacial score (nSPS) is 16.0. The molecular formula is C25H35N9O2. The molecule has 3 heterocycles. The van der Waals surface area contributed by atoms with Crippen molar-refractivity contribution >= 4 is 23.3 Å². The third-order valence-corrected chi connectivity index (χ3v) is 6.53. The van der Waals surface area contributed by atoms with Crippen molar-refractivity contribution in [3.8, 4) is 11.3 Å². The first-order valence-corrected chi connectivity index (χ1v) is 12.4. The Balaban J connectivity index is 1.73. The number of hydrogen-bond acceptors (Lipinski definition) is 7. The van der Waals surface area contributed by atoms with Crippen molar-refractivity contribution in [2.45, 2.75) is 58.5 Å². The highest BCUT2D eigenvalue weighted by Crippen LogP contribution is 2.28. The molecule has 1 fully saturated rings. The van der Waals surface area contributed by atoms with Crippen molar-refractivity contribution < 1.29 is 4.79 Å². The van der Waals surface area contributed by atoms with E-state index in [1.807, 2.05) is 36.1 Å². The number of fused-ring (bicyclic) bond motifs is 1. The molecule has 192 valence electrons. The Bertz CT molecular complexity index is 1290. The molecule has 0 spiro atoms. The summed E-state index contributed by atoms with van der Waals surface area (Å²) in [4.78, 5) is 33.2. The molecule has 1 saturated heterocycles. The summed E-state index contributed by atoms with van der Waals surface area (Å²) in [7, 11) is 0. The molecule has 1 unspecified atom stereocenters. The lowest BCUT2D eigenvalue weighted by Gasteiger charge is -2.29. The first-order chi connectivity index (χ1) is 17.4. The largest absolute Gasteiger partial charge is 0.384 e. The van der Waals surface area contributed by atoms with E-state index in [2.05, 4.69) is 27.4 Å². The maximum Gasteiger partial charge on any atom is 0.261 e. The van der Waals surface area contributed by atoms with E-state index in [1.54, 1.807) is 16.7 Å². The molecule has 0 bridgehead atoms.